The first-order valence-electron chi connectivity index (χ1n) is 8.65. The minimum Gasteiger partial charge on any atom is -0.493 e. The number of amides is 1. The van der Waals surface area contributed by atoms with Crippen LogP contribution in [0.15, 0.2) is 40.2 Å². The van der Waals surface area contributed by atoms with Gasteiger partial charge < -0.3 is 18.9 Å². The average Bonchev–Trinajstić information content (AvgIpc) is 3.37. The molecule has 1 aromatic carbocycles. The van der Waals surface area contributed by atoms with Gasteiger partial charge in [-0.2, -0.15) is 0 Å². The molecule has 2 aromatic heterocycles. The highest BCUT2D eigenvalue weighted by Crippen LogP contribution is 2.42. The lowest BCUT2D eigenvalue weighted by atomic mass is 9.90. The van der Waals surface area contributed by atoms with Crippen LogP contribution >= 0.6 is 11.3 Å². The standard InChI is InChI=1S/C20H20N2O4S/c1-12-9-15(21-26-12)20(23)22-7-6-13-10-16(24-2)17(25-3)11-14(13)19(22)18-5-4-8-27-18/h4-5,8-11,19H,6-7H2,1-3H3/t19-/m0/s1. The van der Waals surface area contributed by atoms with Crippen LogP contribution in [-0.2, 0) is 6.42 Å². The van der Waals surface area contributed by atoms with E-state index in [0.717, 1.165) is 22.4 Å². The molecule has 27 heavy (non-hydrogen) atoms. The molecule has 0 bridgehead atoms. The monoisotopic (exact) mass is 384 g/mol. The first-order valence-corrected chi connectivity index (χ1v) is 9.52. The fraction of sp³-hybridized carbons (Fsp3) is 0.300. The molecule has 0 radical (unpaired) electrons. The maximum absolute atomic E-state index is 13.2. The van der Waals surface area contributed by atoms with Crippen LogP contribution in [0.1, 0.15) is 38.3 Å². The number of fused-ring (bicyclic) bond motifs is 1. The number of rotatable bonds is 4. The predicted molar refractivity (Wildman–Crippen MR) is 102 cm³/mol. The van der Waals surface area contributed by atoms with Gasteiger partial charge in [-0.15, -0.1) is 11.3 Å². The molecule has 140 valence electrons. The maximum Gasteiger partial charge on any atom is 0.276 e. The number of carbonyl (C=O) groups excluding carboxylic acids is 1. The van der Waals surface area contributed by atoms with E-state index in [-0.39, 0.29) is 11.9 Å². The Morgan fingerprint density at radius 1 is 1.26 bits per heavy atom. The number of benzene rings is 1. The van der Waals surface area contributed by atoms with E-state index in [2.05, 4.69) is 11.2 Å². The van der Waals surface area contributed by atoms with Crippen molar-refractivity contribution in [3.63, 3.8) is 0 Å². The second kappa shape index (κ2) is 7.08. The van der Waals surface area contributed by atoms with E-state index in [4.69, 9.17) is 14.0 Å². The fourth-order valence-electron chi connectivity index (χ4n) is 3.53. The summed E-state index contributed by atoms with van der Waals surface area (Å²) in [6, 6.07) is 9.52. The topological polar surface area (TPSA) is 64.8 Å². The zero-order valence-corrected chi connectivity index (χ0v) is 16.2. The van der Waals surface area contributed by atoms with Crippen molar-refractivity contribution in [1.29, 1.82) is 0 Å². The van der Waals surface area contributed by atoms with Gasteiger partial charge in [-0.1, -0.05) is 11.2 Å². The number of carbonyl (C=O) groups is 1. The van der Waals surface area contributed by atoms with Gasteiger partial charge in [-0.3, -0.25) is 4.79 Å². The Labute approximate surface area is 161 Å². The third-order valence-electron chi connectivity index (χ3n) is 4.79. The van der Waals surface area contributed by atoms with Gasteiger partial charge >= 0.3 is 0 Å². The van der Waals surface area contributed by atoms with Crippen molar-refractivity contribution in [3.8, 4) is 11.5 Å². The van der Waals surface area contributed by atoms with E-state index in [0.29, 0.717) is 29.5 Å². The van der Waals surface area contributed by atoms with Crippen LogP contribution in [0, 0.1) is 6.92 Å². The van der Waals surface area contributed by atoms with Crippen LogP contribution in [0.5, 0.6) is 11.5 Å². The summed E-state index contributed by atoms with van der Waals surface area (Å²) in [4.78, 5) is 16.1. The number of nitrogens with zero attached hydrogens (tertiary/aromatic N) is 2. The van der Waals surface area contributed by atoms with Crippen molar-refractivity contribution >= 4 is 17.2 Å². The minimum atomic E-state index is -0.196. The minimum absolute atomic E-state index is 0.134. The van der Waals surface area contributed by atoms with Crippen LogP contribution in [-0.4, -0.2) is 36.7 Å². The second-order valence-corrected chi connectivity index (χ2v) is 7.37. The summed E-state index contributed by atoms with van der Waals surface area (Å²) in [7, 11) is 3.25. The van der Waals surface area contributed by atoms with Crippen LogP contribution in [0.2, 0.25) is 0 Å². The smallest absolute Gasteiger partial charge is 0.276 e. The third kappa shape index (κ3) is 3.08. The van der Waals surface area contributed by atoms with Gasteiger partial charge in [0.25, 0.3) is 5.91 Å². The lowest BCUT2D eigenvalue weighted by molar-refractivity contribution is 0.0686. The Bertz CT molecular complexity index is 965. The molecule has 0 saturated carbocycles. The third-order valence-corrected chi connectivity index (χ3v) is 5.72. The summed E-state index contributed by atoms with van der Waals surface area (Å²) in [5.41, 5.74) is 2.54. The number of hydrogen-bond acceptors (Lipinski definition) is 6. The molecule has 1 aliphatic rings. The molecule has 3 heterocycles. The molecular weight excluding hydrogens is 364 g/mol. The Morgan fingerprint density at radius 2 is 2.04 bits per heavy atom. The summed E-state index contributed by atoms with van der Waals surface area (Å²) in [5.74, 6) is 1.85. The highest BCUT2D eigenvalue weighted by molar-refractivity contribution is 7.10. The van der Waals surface area contributed by atoms with Crippen LogP contribution in [0.3, 0.4) is 0 Å². The average molecular weight is 384 g/mol. The normalized spacial score (nSPS) is 16.1. The van der Waals surface area contributed by atoms with E-state index in [1.54, 1.807) is 38.5 Å². The molecular formula is C20H20N2O4S. The van der Waals surface area contributed by atoms with Crippen molar-refractivity contribution in [2.24, 2.45) is 0 Å². The second-order valence-electron chi connectivity index (χ2n) is 6.40. The van der Waals surface area contributed by atoms with E-state index in [9.17, 15) is 4.79 Å². The molecule has 0 N–H and O–H groups in total. The van der Waals surface area contributed by atoms with Crippen LogP contribution in [0.4, 0.5) is 0 Å². The molecule has 1 aliphatic heterocycles. The Balaban J connectivity index is 1.82. The lowest BCUT2D eigenvalue weighted by Crippen LogP contribution is -2.40. The summed E-state index contributed by atoms with van der Waals surface area (Å²) >= 11 is 1.63. The van der Waals surface area contributed by atoms with E-state index >= 15 is 0 Å². The molecule has 1 atom stereocenters. The molecule has 3 aromatic rings. The van der Waals surface area contributed by atoms with Gasteiger partial charge in [-0.05, 0) is 48.1 Å². The van der Waals surface area contributed by atoms with E-state index < -0.39 is 0 Å². The van der Waals surface area contributed by atoms with Crippen molar-refractivity contribution in [2.75, 3.05) is 20.8 Å². The summed E-state index contributed by atoms with van der Waals surface area (Å²) in [5, 5.41) is 5.94. The lowest BCUT2D eigenvalue weighted by Gasteiger charge is -2.37. The number of methoxy groups -OCH3 is 2. The van der Waals surface area contributed by atoms with Crippen molar-refractivity contribution in [3.05, 3.63) is 63.2 Å². The van der Waals surface area contributed by atoms with E-state index in [1.165, 1.54) is 0 Å². The van der Waals surface area contributed by atoms with Crippen molar-refractivity contribution < 1.29 is 18.8 Å². The molecule has 7 heteroatoms. The zero-order valence-electron chi connectivity index (χ0n) is 15.4. The van der Waals surface area contributed by atoms with Crippen molar-refractivity contribution in [2.45, 2.75) is 19.4 Å². The molecule has 6 nitrogen and oxygen atoms in total. The fourth-order valence-corrected chi connectivity index (χ4v) is 4.39. The van der Waals surface area contributed by atoms with Crippen LogP contribution in [0.25, 0.3) is 0 Å². The molecule has 1 amide bonds. The van der Waals surface area contributed by atoms with Gasteiger partial charge in [0, 0.05) is 17.5 Å². The molecule has 0 saturated heterocycles. The van der Waals surface area contributed by atoms with Crippen LogP contribution < -0.4 is 9.47 Å². The first-order chi connectivity index (χ1) is 13.1. The molecule has 0 aliphatic carbocycles. The highest BCUT2D eigenvalue weighted by atomic mass is 32.1. The summed E-state index contributed by atoms with van der Waals surface area (Å²) in [6.07, 6.45) is 0.736. The number of hydrogen-bond donors (Lipinski definition) is 0. The highest BCUT2D eigenvalue weighted by Gasteiger charge is 2.35. The zero-order chi connectivity index (χ0) is 19.0. The largest absolute Gasteiger partial charge is 0.493 e. The Hall–Kier alpha value is -2.80. The number of aryl methyl sites for hydroxylation is 1. The molecule has 0 spiro atoms. The molecule has 0 fully saturated rings. The van der Waals surface area contributed by atoms with E-state index in [1.807, 2.05) is 28.5 Å². The van der Waals surface area contributed by atoms with Gasteiger partial charge in [0.05, 0.1) is 20.3 Å². The number of thiophene rings is 1. The Kier molecular flexibility index (Phi) is 4.61. The predicted octanol–water partition coefficient (Wildman–Crippen LogP) is 3.85. The quantitative estimate of drug-likeness (QED) is 0.684. The van der Waals surface area contributed by atoms with Gasteiger partial charge in [0.2, 0.25) is 0 Å². The van der Waals surface area contributed by atoms with Gasteiger partial charge in [0.1, 0.15) is 5.76 Å². The van der Waals surface area contributed by atoms with Gasteiger partial charge in [-0.25, -0.2) is 0 Å². The summed E-state index contributed by atoms with van der Waals surface area (Å²) in [6.45, 7) is 2.37. The van der Waals surface area contributed by atoms with Crippen molar-refractivity contribution in [1.82, 2.24) is 10.1 Å². The SMILES string of the molecule is COc1cc2c(cc1OC)[C@@H](c1cccs1)N(C(=O)c1cc(C)on1)CC2. The first kappa shape index (κ1) is 17.6. The Morgan fingerprint density at radius 3 is 2.67 bits per heavy atom. The maximum atomic E-state index is 13.2. The molecule has 0 unspecified atom stereocenters. The van der Waals surface area contributed by atoms with Gasteiger partial charge in [0.15, 0.2) is 17.2 Å². The number of aromatic nitrogens is 1. The number of ether oxygens (including phenoxy) is 2. The molecule has 4 rings (SSSR count). The summed E-state index contributed by atoms with van der Waals surface area (Å²) < 4.78 is 16.1.